The number of halogens is 3. The van der Waals surface area contributed by atoms with E-state index in [1.54, 1.807) is 30.3 Å². The van der Waals surface area contributed by atoms with Crippen LogP contribution in [0.3, 0.4) is 0 Å². The molecule has 0 spiro atoms. The minimum Gasteiger partial charge on any atom is -0.475 e. The molecule has 2 aromatic carbocycles. The highest BCUT2D eigenvalue weighted by Crippen LogP contribution is 2.48. The molecule has 0 saturated heterocycles. The van der Waals surface area contributed by atoms with Crippen LogP contribution in [0, 0.1) is 6.92 Å². The van der Waals surface area contributed by atoms with Gasteiger partial charge in [-0.05, 0) is 61.6 Å². The lowest BCUT2D eigenvalue weighted by Crippen LogP contribution is -2.35. The zero-order valence-electron chi connectivity index (χ0n) is 18.8. The Hall–Kier alpha value is -3.08. The molecule has 0 aromatic heterocycles. The van der Waals surface area contributed by atoms with Crippen LogP contribution in [-0.4, -0.2) is 38.1 Å². The van der Waals surface area contributed by atoms with Crippen molar-refractivity contribution in [2.45, 2.75) is 56.0 Å². The quantitative estimate of drug-likeness (QED) is 0.466. The molecule has 0 atom stereocenters. The van der Waals surface area contributed by atoms with E-state index in [1.807, 2.05) is 25.1 Å². The molecule has 0 radical (unpaired) electrons. The van der Waals surface area contributed by atoms with Crippen LogP contribution in [0.4, 0.5) is 18.9 Å². The number of unbranched alkanes of at least 4 members (excludes halogenated alkanes) is 1. The molecule has 1 aliphatic rings. The number of carboxylic acid groups (broad SMARTS) is 1. The number of anilines is 1. The summed E-state index contributed by atoms with van der Waals surface area (Å²) in [5.41, 5.74) is 1.87. The monoisotopic (exact) mass is 500 g/mol. The van der Waals surface area contributed by atoms with Gasteiger partial charge in [-0.15, -0.1) is 0 Å². The number of sulfonamides is 1. The summed E-state index contributed by atoms with van der Waals surface area (Å²) in [6.45, 7) is 4.65. The Morgan fingerprint density at radius 1 is 1.09 bits per heavy atom. The molecule has 0 aliphatic heterocycles. The van der Waals surface area contributed by atoms with Gasteiger partial charge in [0.25, 0.3) is 10.0 Å². The number of alkyl halides is 3. The maximum Gasteiger partial charge on any atom is 0.490 e. The molecule has 2 aromatic rings. The van der Waals surface area contributed by atoms with Crippen LogP contribution in [0.15, 0.2) is 53.4 Å². The number of hydrogen-bond donors (Lipinski definition) is 3. The van der Waals surface area contributed by atoms with E-state index in [4.69, 9.17) is 9.90 Å². The van der Waals surface area contributed by atoms with E-state index in [0.29, 0.717) is 12.2 Å². The predicted molar refractivity (Wildman–Crippen MR) is 121 cm³/mol. The highest BCUT2D eigenvalue weighted by molar-refractivity contribution is 7.92. The number of aliphatic carboxylic acids is 1. The number of hydrogen-bond acceptors (Lipinski definition) is 4. The third-order valence-electron chi connectivity index (χ3n) is 5.23. The molecule has 0 unspecified atom stereocenters. The molecule has 11 heteroatoms. The number of carboxylic acids is 1. The van der Waals surface area contributed by atoms with E-state index in [0.717, 1.165) is 36.8 Å². The first kappa shape index (κ1) is 27.2. The number of aryl methyl sites for hydroxylation is 1. The Morgan fingerprint density at radius 2 is 1.68 bits per heavy atom. The van der Waals surface area contributed by atoms with E-state index >= 15 is 0 Å². The lowest BCUT2D eigenvalue weighted by Gasteiger charge is -2.16. The summed E-state index contributed by atoms with van der Waals surface area (Å²) in [5.74, 6) is -2.68. The van der Waals surface area contributed by atoms with Crippen molar-refractivity contribution in [3.05, 3.63) is 59.7 Å². The minimum atomic E-state index is -5.08. The van der Waals surface area contributed by atoms with E-state index in [9.17, 15) is 26.4 Å². The van der Waals surface area contributed by atoms with Crippen molar-refractivity contribution < 1.29 is 36.3 Å². The smallest absolute Gasteiger partial charge is 0.475 e. The summed E-state index contributed by atoms with van der Waals surface area (Å²) < 4.78 is 59.4. The Kier molecular flexibility index (Phi) is 8.71. The number of benzene rings is 2. The number of carbonyl (C=O) groups is 2. The maximum atomic E-state index is 12.5. The molecule has 1 saturated carbocycles. The molecular formula is C23H27F3N2O5S. The molecule has 1 amide bonds. The normalized spacial score (nSPS) is 14.4. The fourth-order valence-electron chi connectivity index (χ4n) is 3.17. The molecule has 3 rings (SSSR count). The van der Waals surface area contributed by atoms with Gasteiger partial charge in [-0.3, -0.25) is 9.52 Å². The lowest BCUT2D eigenvalue weighted by atomic mass is 9.94. The fraction of sp³-hybridized carbons (Fsp3) is 0.391. The van der Waals surface area contributed by atoms with Crippen LogP contribution in [0.2, 0.25) is 0 Å². The molecule has 34 heavy (non-hydrogen) atoms. The number of amides is 1. The SMILES string of the molecule is CCCCNC(=O)C1(c2ccc(NS(=O)(=O)c3cccc(C)c3)cc2)CC1.O=C(O)C(F)(F)F. The zero-order valence-corrected chi connectivity index (χ0v) is 19.6. The highest BCUT2D eigenvalue weighted by Gasteiger charge is 2.51. The van der Waals surface area contributed by atoms with Gasteiger partial charge < -0.3 is 10.4 Å². The molecule has 1 aliphatic carbocycles. The second-order valence-electron chi connectivity index (χ2n) is 7.99. The first-order chi connectivity index (χ1) is 15.8. The molecule has 0 bridgehead atoms. The molecular weight excluding hydrogens is 473 g/mol. The van der Waals surface area contributed by atoms with E-state index in [-0.39, 0.29) is 10.8 Å². The van der Waals surface area contributed by atoms with Gasteiger partial charge in [0.05, 0.1) is 10.3 Å². The fourth-order valence-corrected chi connectivity index (χ4v) is 4.34. The summed E-state index contributed by atoms with van der Waals surface area (Å²) in [7, 11) is -3.63. The molecule has 0 heterocycles. The molecule has 7 nitrogen and oxygen atoms in total. The first-order valence-corrected chi connectivity index (χ1v) is 12.1. The van der Waals surface area contributed by atoms with Gasteiger partial charge >= 0.3 is 12.1 Å². The first-order valence-electron chi connectivity index (χ1n) is 10.6. The topological polar surface area (TPSA) is 113 Å². The largest absolute Gasteiger partial charge is 0.490 e. The summed E-state index contributed by atoms with van der Waals surface area (Å²) in [6, 6.07) is 13.9. The minimum absolute atomic E-state index is 0.0732. The molecule has 186 valence electrons. The Labute approximate surface area is 196 Å². The average Bonchev–Trinajstić information content (AvgIpc) is 3.56. The summed E-state index contributed by atoms with van der Waals surface area (Å²) in [6.07, 6.45) is -1.40. The molecule has 3 N–H and O–H groups in total. The molecule has 1 fully saturated rings. The Balaban J connectivity index is 0.000000509. The van der Waals surface area contributed by atoms with Crippen LogP contribution in [0.25, 0.3) is 0 Å². The zero-order chi connectivity index (χ0) is 25.6. The van der Waals surface area contributed by atoms with Crippen molar-refractivity contribution in [2.75, 3.05) is 11.3 Å². The van der Waals surface area contributed by atoms with Crippen LogP contribution < -0.4 is 10.0 Å². The van der Waals surface area contributed by atoms with Crippen LogP contribution >= 0.6 is 0 Å². The number of carbonyl (C=O) groups excluding carboxylic acids is 1. The summed E-state index contributed by atoms with van der Waals surface area (Å²) in [5, 5.41) is 10.1. The van der Waals surface area contributed by atoms with Gasteiger partial charge in [0.15, 0.2) is 0 Å². The second-order valence-corrected chi connectivity index (χ2v) is 9.68. The van der Waals surface area contributed by atoms with E-state index in [2.05, 4.69) is 17.0 Å². The summed E-state index contributed by atoms with van der Waals surface area (Å²) >= 11 is 0. The van der Waals surface area contributed by atoms with Gasteiger partial charge in [0, 0.05) is 12.2 Å². The van der Waals surface area contributed by atoms with Crippen molar-refractivity contribution in [3.63, 3.8) is 0 Å². The van der Waals surface area contributed by atoms with Crippen LogP contribution in [0.1, 0.15) is 43.7 Å². The third-order valence-corrected chi connectivity index (χ3v) is 6.61. The predicted octanol–water partition coefficient (Wildman–Crippen LogP) is 4.38. The van der Waals surface area contributed by atoms with Crippen molar-refractivity contribution in [1.82, 2.24) is 5.32 Å². The highest BCUT2D eigenvalue weighted by atomic mass is 32.2. The number of rotatable bonds is 8. The number of nitrogens with one attached hydrogen (secondary N) is 2. The second kappa shape index (κ2) is 10.9. The van der Waals surface area contributed by atoms with Gasteiger partial charge in [-0.2, -0.15) is 13.2 Å². The van der Waals surface area contributed by atoms with Gasteiger partial charge in [0.1, 0.15) is 0 Å². The van der Waals surface area contributed by atoms with Crippen LogP contribution in [-0.2, 0) is 25.0 Å². The third kappa shape index (κ3) is 7.21. The van der Waals surface area contributed by atoms with E-state index < -0.39 is 27.6 Å². The standard InChI is InChI=1S/C21H26N2O3S.C2HF3O2/c1-3-4-14-22-20(24)21(12-13-21)17-8-10-18(11-9-17)23-27(25,26)19-7-5-6-16(2)15-19;3-2(4,5)1(6)7/h5-11,15,23H,3-4,12-14H2,1-2H3,(H,22,24);(H,6,7). The van der Waals surface area contributed by atoms with Crippen molar-refractivity contribution >= 4 is 27.6 Å². The lowest BCUT2D eigenvalue weighted by molar-refractivity contribution is -0.192. The Bertz CT molecular complexity index is 1110. The van der Waals surface area contributed by atoms with Gasteiger partial charge in [-0.1, -0.05) is 37.6 Å². The van der Waals surface area contributed by atoms with Gasteiger partial charge in [-0.25, -0.2) is 13.2 Å². The van der Waals surface area contributed by atoms with Gasteiger partial charge in [0.2, 0.25) is 5.91 Å². The van der Waals surface area contributed by atoms with Crippen LogP contribution in [0.5, 0.6) is 0 Å². The Morgan fingerprint density at radius 3 is 2.15 bits per heavy atom. The summed E-state index contributed by atoms with van der Waals surface area (Å²) in [4.78, 5) is 21.6. The van der Waals surface area contributed by atoms with Crippen molar-refractivity contribution in [1.29, 1.82) is 0 Å². The van der Waals surface area contributed by atoms with Crippen molar-refractivity contribution in [2.24, 2.45) is 0 Å². The van der Waals surface area contributed by atoms with E-state index in [1.165, 1.54) is 0 Å². The average molecular weight is 501 g/mol. The maximum absolute atomic E-state index is 12.5. The van der Waals surface area contributed by atoms with Crippen molar-refractivity contribution in [3.8, 4) is 0 Å².